The smallest absolute Gasteiger partial charge is 0.276 e. The Morgan fingerprint density at radius 2 is 2.19 bits per heavy atom. The molecule has 7 nitrogen and oxygen atoms in total. The number of anilines is 2. The summed E-state index contributed by atoms with van der Waals surface area (Å²) in [6.45, 7) is 0.461. The van der Waals surface area contributed by atoms with Gasteiger partial charge in [-0.05, 0) is 17.7 Å². The van der Waals surface area contributed by atoms with Crippen LogP contribution < -0.4 is 10.6 Å². The molecule has 2 aromatic rings. The van der Waals surface area contributed by atoms with Gasteiger partial charge in [0.25, 0.3) is 5.69 Å². The fourth-order valence-corrected chi connectivity index (χ4v) is 1.92. The van der Waals surface area contributed by atoms with Gasteiger partial charge >= 0.3 is 0 Å². The predicted molar refractivity (Wildman–Crippen MR) is 78.6 cm³/mol. The number of nitrogen functional groups attached to an aromatic ring is 1. The third kappa shape index (κ3) is 3.45. The first-order valence-corrected chi connectivity index (χ1v) is 6.11. The Morgan fingerprint density at radius 1 is 1.43 bits per heavy atom. The van der Waals surface area contributed by atoms with E-state index in [-0.39, 0.29) is 11.5 Å². The molecule has 106 valence electrons. The summed E-state index contributed by atoms with van der Waals surface area (Å²) in [6.07, 6.45) is 0. The van der Waals surface area contributed by atoms with Gasteiger partial charge in [0, 0.05) is 13.6 Å². The van der Waals surface area contributed by atoms with E-state index in [9.17, 15) is 10.1 Å². The van der Waals surface area contributed by atoms with E-state index in [1.807, 2.05) is 6.07 Å². The SMILES string of the molecule is CN(Cc1cccc(C#N)c1)c1cc([N+](=O)[O-])cc(N)n1. The predicted octanol–water partition coefficient (Wildman–Crippen LogP) is 2.08. The molecule has 2 rings (SSSR count). The van der Waals surface area contributed by atoms with Crippen LogP contribution in [-0.4, -0.2) is 17.0 Å². The summed E-state index contributed by atoms with van der Waals surface area (Å²) in [7, 11) is 1.75. The zero-order valence-electron chi connectivity index (χ0n) is 11.4. The van der Waals surface area contributed by atoms with E-state index in [1.54, 1.807) is 30.1 Å². The van der Waals surface area contributed by atoms with Crippen LogP contribution in [0.15, 0.2) is 36.4 Å². The van der Waals surface area contributed by atoms with Crippen LogP contribution in [0.3, 0.4) is 0 Å². The number of hydrogen-bond donors (Lipinski definition) is 1. The Labute approximate surface area is 121 Å². The van der Waals surface area contributed by atoms with E-state index in [4.69, 9.17) is 11.0 Å². The standard InChI is InChI=1S/C14H13N5O2/c1-18(9-11-4-2-3-10(5-11)8-15)14-7-12(19(20)21)6-13(16)17-14/h2-7H,9H2,1H3,(H2,16,17). The molecule has 0 saturated carbocycles. The maximum atomic E-state index is 10.8. The number of rotatable bonds is 4. The second-order valence-electron chi connectivity index (χ2n) is 4.53. The van der Waals surface area contributed by atoms with E-state index < -0.39 is 4.92 Å². The van der Waals surface area contributed by atoms with Crippen molar-refractivity contribution in [1.29, 1.82) is 5.26 Å². The van der Waals surface area contributed by atoms with Crippen LogP contribution in [0, 0.1) is 21.4 Å². The molecule has 1 aromatic heterocycles. The van der Waals surface area contributed by atoms with Crippen LogP contribution in [0.5, 0.6) is 0 Å². The number of nitrogens with zero attached hydrogens (tertiary/aromatic N) is 4. The molecule has 21 heavy (non-hydrogen) atoms. The topological polar surface area (TPSA) is 109 Å². The van der Waals surface area contributed by atoms with E-state index >= 15 is 0 Å². The summed E-state index contributed by atoms with van der Waals surface area (Å²) in [4.78, 5) is 16.2. The minimum Gasteiger partial charge on any atom is -0.383 e. The van der Waals surface area contributed by atoms with Gasteiger partial charge in [0.2, 0.25) is 0 Å². The fraction of sp³-hybridized carbons (Fsp3) is 0.143. The van der Waals surface area contributed by atoms with Crippen LogP contribution in [0.4, 0.5) is 17.3 Å². The Morgan fingerprint density at radius 3 is 2.86 bits per heavy atom. The first kappa shape index (κ1) is 14.3. The van der Waals surface area contributed by atoms with Gasteiger partial charge in [-0.3, -0.25) is 10.1 Å². The van der Waals surface area contributed by atoms with Crippen molar-refractivity contribution in [3.05, 3.63) is 57.6 Å². The van der Waals surface area contributed by atoms with Crippen molar-refractivity contribution < 1.29 is 4.92 Å². The zero-order valence-corrected chi connectivity index (χ0v) is 11.4. The number of hydrogen-bond acceptors (Lipinski definition) is 6. The van der Waals surface area contributed by atoms with Gasteiger partial charge in [0.1, 0.15) is 11.6 Å². The molecular formula is C14H13N5O2. The monoisotopic (exact) mass is 283 g/mol. The number of benzene rings is 1. The summed E-state index contributed by atoms with van der Waals surface area (Å²) in [6, 6.07) is 11.8. The van der Waals surface area contributed by atoms with Gasteiger partial charge in [-0.1, -0.05) is 12.1 Å². The second-order valence-corrected chi connectivity index (χ2v) is 4.53. The summed E-state index contributed by atoms with van der Waals surface area (Å²) in [5.41, 5.74) is 6.96. The van der Waals surface area contributed by atoms with Gasteiger partial charge < -0.3 is 10.6 Å². The van der Waals surface area contributed by atoms with Crippen LogP contribution in [0.1, 0.15) is 11.1 Å². The maximum Gasteiger partial charge on any atom is 0.276 e. The molecule has 1 heterocycles. The van der Waals surface area contributed by atoms with Gasteiger partial charge in [0.15, 0.2) is 0 Å². The van der Waals surface area contributed by atoms with Crippen molar-refractivity contribution in [1.82, 2.24) is 4.98 Å². The molecular weight excluding hydrogens is 270 g/mol. The second kappa shape index (κ2) is 5.88. The van der Waals surface area contributed by atoms with E-state index in [2.05, 4.69) is 11.1 Å². The fourth-order valence-electron chi connectivity index (χ4n) is 1.92. The van der Waals surface area contributed by atoms with Crippen LogP contribution in [0.25, 0.3) is 0 Å². The largest absolute Gasteiger partial charge is 0.383 e. The molecule has 0 bridgehead atoms. The van der Waals surface area contributed by atoms with E-state index in [1.165, 1.54) is 12.1 Å². The van der Waals surface area contributed by atoms with Gasteiger partial charge in [-0.2, -0.15) is 5.26 Å². The molecule has 0 aliphatic carbocycles. The summed E-state index contributed by atoms with van der Waals surface area (Å²) in [5, 5.41) is 19.7. The van der Waals surface area contributed by atoms with Crippen molar-refractivity contribution in [3.8, 4) is 6.07 Å². The molecule has 0 radical (unpaired) electrons. The quantitative estimate of drug-likeness (QED) is 0.679. The average Bonchev–Trinajstić information content (AvgIpc) is 2.46. The van der Waals surface area contributed by atoms with Crippen molar-refractivity contribution in [2.24, 2.45) is 0 Å². The minimum atomic E-state index is -0.508. The highest BCUT2D eigenvalue weighted by Gasteiger charge is 2.13. The van der Waals surface area contributed by atoms with Gasteiger partial charge in [-0.25, -0.2) is 4.98 Å². The summed E-state index contributed by atoms with van der Waals surface area (Å²) < 4.78 is 0. The van der Waals surface area contributed by atoms with Crippen LogP contribution in [0.2, 0.25) is 0 Å². The molecule has 0 aliphatic heterocycles. The average molecular weight is 283 g/mol. The molecule has 2 N–H and O–H groups in total. The number of aromatic nitrogens is 1. The van der Waals surface area contributed by atoms with Crippen LogP contribution >= 0.6 is 0 Å². The Balaban J connectivity index is 2.25. The zero-order chi connectivity index (χ0) is 15.4. The third-order valence-corrected chi connectivity index (χ3v) is 2.89. The minimum absolute atomic E-state index is 0.0943. The maximum absolute atomic E-state index is 10.8. The normalized spacial score (nSPS) is 9.90. The van der Waals surface area contributed by atoms with E-state index in [0.29, 0.717) is 17.9 Å². The van der Waals surface area contributed by atoms with Gasteiger partial charge in [-0.15, -0.1) is 0 Å². The molecule has 0 saturated heterocycles. The number of nitrogens with two attached hydrogens (primary N) is 1. The highest BCUT2D eigenvalue weighted by Crippen LogP contribution is 2.22. The molecule has 0 unspecified atom stereocenters. The summed E-state index contributed by atoms with van der Waals surface area (Å²) in [5.74, 6) is 0.501. The third-order valence-electron chi connectivity index (χ3n) is 2.89. The highest BCUT2D eigenvalue weighted by molar-refractivity contribution is 5.54. The highest BCUT2D eigenvalue weighted by atomic mass is 16.6. The molecule has 1 aromatic carbocycles. The van der Waals surface area contributed by atoms with Crippen molar-refractivity contribution in [2.75, 3.05) is 17.7 Å². The van der Waals surface area contributed by atoms with Gasteiger partial charge in [0.05, 0.1) is 28.7 Å². The number of nitro groups is 1. The molecule has 0 atom stereocenters. The Kier molecular flexibility index (Phi) is 4.00. The van der Waals surface area contributed by atoms with E-state index in [0.717, 1.165) is 5.56 Å². The number of pyridine rings is 1. The lowest BCUT2D eigenvalue weighted by atomic mass is 10.1. The van der Waals surface area contributed by atoms with Crippen molar-refractivity contribution in [3.63, 3.8) is 0 Å². The lowest BCUT2D eigenvalue weighted by molar-refractivity contribution is -0.384. The molecule has 7 heteroatoms. The Bertz CT molecular complexity index is 724. The van der Waals surface area contributed by atoms with Crippen molar-refractivity contribution >= 4 is 17.3 Å². The molecule has 0 fully saturated rings. The van der Waals surface area contributed by atoms with Crippen LogP contribution in [-0.2, 0) is 6.54 Å². The first-order valence-electron chi connectivity index (χ1n) is 6.11. The molecule has 0 aliphatic rings. The molecule has 0 spiro atoms. The Hall–Kier alpha value is -3.14. The number of nitriles is 1. The first-order chi connectivity index (χ1) is 9.99. The lowest BCUT2D eigenvalue weighted by Gasteiger charge is -2.18. The van der Waals surface area contributed by atoms with Crippen molar-refractivity contribution in [2.45, 2.75) is 6.54 Å². The molecule has 0 amide bonds. The lowest BCUT2D eigenvalue weighted by Crippen LogP contribution is -2.18. The summed E-state index contributed by atoms with van der Waals surface area (Å²) >= 11 is 0.